The number of rotatable bonds is 2. The molecule has 2 aromatic rings. The van der Waals surface area contributed by atoms with Gasteiger partial charge >= 0.3 is 0 Å². The van der Waals surface area contributed by atoms with Gasteiger partial charge in [0, 0.05) is 0 Å². The molecule has 2 aromatic heterocycles. The first-order valence-corrected chi connectivity index (χ1v) is 3.87. The summed E-state index contributed by atoms with van der Waals surface area (Å²) in [5, 5.41) is 16.4. The van der Waals surface area contributed by atoms with Gasteiger partial charge in [0.2, 0.25) is 0 Å². The summed E-state index contributed by atoms with van der Waals surface area (Å²) in [6, 6.07) is 7.07. The Bertz CT molecular complexity index is 367. The molecule has 0 bridgehead atoms. The van der Waals surface area contributed by atoms with E-state index >= 15 is 0 Å². The zero-order chi connectivity index (χ0) is 9.10. The van der Waals surface area contributed by atoms with Crippen molar-refractivity contribution in [1.82, 2.24) is 10.2 Å². The fourth-order valence-corrected chi connectivity index (χ4v) is 1.000. The van der Waals surface area contributed by atoms with Crippen molar-refractivity contribution in [3.63, 3.8) is 0 Å². The van der Waals surface area contributed by atoms with Crippen LogP contribution in [0.3, 0.4) is 0 Å². The highest BCUT2D eigenvalue weighted by Gasteiger charge is 2.01. The summed E-state index contributed by atoms with van der Waals surface area (Å²) < 4.78 is 5.13. The first kappa shape index (κ1) is 7.94. The van der Waals surface area contributed by atoms with Gasteiger partial charge < -0.3 is 9.52 Å². The molecule has 0 aliphatic heterocycles. The Morgan fingerprint density at radius 3 is 2.69 bits per heavy atom. The molecule has 0 fully saturated rings. The van der Waals surface area contributed by atoms with Gasteiger partial charge in [-0.3, -0.25) is 0 Å². The van der Waals surface area contributed by atoms with E-state index in [1.807, 2.05) is 6.07 Å². The Hall–Kier alpha value is -1.68. The fraction of sp³-hybridized carbons (Fsp3) is 0.111. The molecule has 1 N–H and O–H groups in total. The number of furan rings is 1. The number of aromatic nitrogens is 2. The van der Waals surface area contributed by atoms with Crippen molar-refractivity contribution in [2.45, 2.75) is 6.61 Å². The van der Waals surface area contributed by atoms with Gasteiger partial charge in [-0.2, -0.15) is 5.10 Å². The summed E-state index contributed by atoms with van der Waals surface area (Å²) in [6.45, 7) is -0.0918. The van der Waals surface area contributed by atoms with Crippen LogP contribution in [-0.4, -0.2) is 15.3 Å². The first-order valence-electron chi connectivity index (χ1n) is 3.87. The molecule has 0 atom stereocenters. The van der Waals surface area contributed by atoms with Crippen LogP contribution in [0.2, 0.25) is 0 Å². The van der Waals surface area contributed by atoms with Crippen LogP contribution in [-0.2, 0) is 6.61 Å². The van der Waals surface area contributed by atoms with E-state index in [0.29, 0.717) is 17.1 Å². The van der Waals surface area contributed by atoms with Gasteiger partial charge in [0.15, 0.2) is 5.76 Å². The maximum atomic E-state index is 8.73. The molecule has 0 aliphatic carbocycles. The van der Waals surface area contributed by atoms with Crippen molar-refractivity contribution in [1.29, 1.82) is 0 Å². The van der Waals surface area contributed by atoms with Crippen LogP contribution in [0, 0.1) is 0 Å². The molecule has 0 unspecified atom stereocenters. The molecular weight excluding hydrogens is 168 g/mol. The minimum Gasteiger partial charge on any atom is -0.463 e. The summed E-state index contributed by atoms with van der Waals surface area (Å²) >= 11 is 0. The van der Waals surface area contributed by atoms with Crippen molar-refractivity contribution in [2.24, 2.45) is 0 Å². The Kier molecular flexibility index (Phi) is 2.06. The van der Waals surface area contributed by atoms with Crippen molar-refractivity contribution in [3.8, 4) is 11.5 Å². The predicted octanol–water partition coefficient (Wildman–Crippen LogP) is 1.23. The number of hydrogen-bond acceptors (Lipinski definition) is 4. The van der Waals surface area contributed by atoms with Crippen LogP contribution in [0.1, 0.15) is 5.69 Å². The normalized spacial score (nSPS) is 10.2. The van der Waals surface area contributed by atoms with Crippen molar-refractivity contribution in [2.75, 3.05) is 0 Å². The van der Waals surface area contributed by atoms with Gasteiger partial charge in [-0.25, -0.2) is 0 Å². The van der Waals surface area contributed by atoms with Crippen LogP contribution in [0.5, 0.6) is 0 Å². The maximum Gasteiger partial charge on any atom is 0.154 e. The van der Waals surface area contributed by atoms with Crippen LogP contribution in [0.25, 0.3) is 11.5 Å². The van der Waals surface area contributed by atoms with Gasteiger partial charge in [0.25, 0.3) is 0 Å². The van der Waals surface area contributed by atoms with E-state index in [0.717, 1.165) is 0 Å². The van der Waals surface area contributed by atoms with Crippen molar-refractivity contribution < 1.29 is 9.52 Å². The minimum atomic E-state index is -0.0918. The Morgan fingerprint density at radius 1 is 1.23 bits per heavy atom. The van der Waals surface area contributed by atoms with Gasteiger partial charge in [-0.05, 0) is 24.3 Å². The first-order chi connectivity index (χ1) is 6.40. The lowest BCUT2D eigenvalue weighted by molar-refractivity contribution is 0.275. The predicted molar refractivity (Wildman–Crippen MR) is 45.7 cm³/mol. The van der Waals surface area contributed by atoms with Gasteiger partial charge in [-0.1, -0.05) is 0 Å². The van der Waals surface area contributed by atoms with E-state index in [4.69, 9.17) is 9.52 Å². The molecule has 0 saturated heterocycles. The van der Waals surface area contributed by atoms with Gasteiger partial charge in [-0.15, -0.1) is 5.10 Å². The molecule has 13 heavy (non-hydrogen) atoms. The molecule has 0 aromatic carbocycles. The standard InChI is InChI=1S/C9H8N2O2/c12-6-7-3-4-8(11-10-7)9-2-1-5-13-9/h1-5,12H,6H2. The van der Waals surface area contributed by atoms with E-state index < -0.39 is 0 Å². The topological polar surface area (TPSA) is 59.2 Å². The van der Waals surface area contributed by atoms with Crippen LogP contribution in [0.15, 0.2) is 34.9 Å². The third kappa shape index (κ3) is 1.57. The summed E-state index contributed by atoms with van der Waals surface area (Å²) in [5.41, 5.74) is 1.22. The maximum absolute atomic E-state index is 8.73. The van der Waals surface area contributed by atoms with Crippen LogP contribution in [0.4, 0.5) is 0 Å². The lowest BCUT2D eigenvalue weighted by Gasteiger charge is -1.95. The van der Waals surface area contributed by atoms with Crippen LogP contribution < -0.4 is 0 Å². The summed E-state index contributed by atoms with van der Waals surface area (Å²) in [4.78, 5) is 0. The summed E-state index contributed by atoms with van der Waals surface area (Å²) in [6.07, 6.45) is 1.58. The zero-order valence-electron chi connectivity index (χ0n) is 6.84. The molecule has 4 heteroatoms. The molecular formula is C9H8N2O2. The molecule has 4 nitrogen and oxygen atoms in total. The van der Waals surface area contributed by atoms with Crippen molar-refractivity contribution >= 4 is 0 Å². The zero-order valence-corrected chi connectivity index (χ0v) is 6.84. The third-order valence-corrected chi connectivity index (χ3v) is 1.66. The summed E-state index contributed by atoms with van der Waals surface area (Å²) in [5.74, 6) is 0.678. The largest absolute Gasteiger partial charge is 0.463 e. The second-order valence-corrected chi connectivity index (χ2v) is 2.55. The second-order valence-electron chi connectivity index (χ2n) is 2.55. The van der Waals surface area contributed by atoms with E-state index in [9.17, 15) is 0 Å². The SMILES string of the molecule is OCc1ccc(-c2ccco2)nn1. The summed E-state index contributed by atoms with van der Waals surface area (Å²) in [7, 11) is 0. The lowest BCUT2D eigenvalue weighted by Crippen LogP contribution is -1.92. The van der Waals surface area contributed by atoms with Crippen molar-refractivity contribution in [3.05, 3.63) is 36.2 Å². The van der Waals surface area contributed by atoms with E-state index in [1.54, 1.807) is 24.5 Å². The monoisotopic (exact) mass is 176 g/mol. The number of hydrogen-bond donors (Lipinski definition) is 1. The smallest absolute Gasteiger partial charge is 0.154 e. The number of nitrogens with zero attached hydrogens (tertiary/aromatic N) is 2. The molecule has 66 valence electrons. The molecule has 0 aliphatic rings. The quantitative estimate of drug-likeness (QED) is 0.747. The average molecular weight is 176 g/mol. The highest BCUT2D eigenvalue weighted by molar-refractivity contribution is 5.50. The van der Waals surface area contributed by atoms with Gasteiger partial charge in [0.1, 0.15) is 5.69 Å². The van der Waals surface area contributed by atoms with E-state index in [2.05, 4.69) is 10.2 Å². The average Bonchev–Trinajstić information content (AvgIpc) is 2.71. The van der Waals surface area contributed by atoms with Crippen LogP contribution >= 0.6 is 0 Å². The Labute approximate surface area is 74.8 Å². The van der Waals surface area contributed by atoms with Gasteiger partial charge in [0.05, 0.1) is 18.6 Å². The minimum absolute atomic E-state index is 0.0918. The highest BCUT2D eigenvalue weighted by Crippen LogP contribution is 2.15. The number of aliphatic hydroxyl groups is 1. The fourth-order valence-electron chi connectivity index (χ4n) is 1.000. The highest BCUT2D eigenvalue weighted by atomic mass is 16.3. The number of aliphatic hydroxyl groups excluding tert-OH is 1. The van der Waals surface area contributed by atoms with E-state index in [-0.39, 0.29) is 6.61 Å². The Balaban J connectivity index is 2.33. The molecule has 0 amide bonds. The molecule has 2 heterocycles. The second kappa shape index (κ2) is 3.37. The molecule has 0 spiro atoms. The molecule has 2 rings (SSSR count). The third-order valence-electron chi connectivity index (χ3n) is 1.66. The molecule has 0 radical (unpaired) electrons. The van der Waals surface area contributed by atoms with E-state index in [1.165, 1.54) is 0 Å². The Morgan fingerprint density at radius 2 is 2.15 bits per heavy atom. The lowest BCUT2D eigenvalue weighted by atomic mass is 10.3. The molecule has 0 saturated carbocycles.